The van der Waals surface area contributed by atoms with Gasteiger partial charge in [-0.25, -0.2) is 5.48 Å². The zero-order valence-electron chi connectivity index (χ0n) is 17.3. The van der Waals surface area contributed by atoms with Crippen molar-refractivity contribution >= 4 is 29.0 Å². The Kier molecular flexibility index (Phi) is 5.97. The fourth-order valence-electron chi connectivity index (χ4n) is 3.99. The van der Waals surface area contributed by atoms with E-state index in [0.717, 1.165) is 46.3 Å². The van der Waals surface area contributed by atoms with E-state index in [1.165, 1.54) is 5.56 Å². The van der Waals surface area contributed by atoms with Gasteiger partial charge in [-0.3, -0.25) is 4.84 Å². The highest BCUT2D eigenvalue weighted by Gasteiger charge is 2.23. The lowest BCUT2D eigenvalue weighted by atomic mass is 9.96. The molecule has 7 nitrogen and oxygen atoms in total. The van der Waals surface area contributed by atoms with Gasteiger partial charge in [-0.1, -0.05) is 30.3 Å². The van der Waals surface area contributed by atoms with Crippen LogP contribution in [0.5, 0.6) is 11.5 Å². The number of rotatable bonds is 6. The lowest BCUT2D eigenvalue weighted by Crippen LogP contribution is -2.10. The Hall–Kier alpha value is -3.29. The monoisotopic (exact) mass is 438 g/mol. The van der Waals surface area contributed by atoms with Crippen molar-refractivity contribution in [2.24, 2.45) is 0 Å². The zero-order chi connectivity index (χ0) is 20.5. The molecule has 0 aliphatic carbocycles. The number of hydrogen-bond donors (Lipinski definition) is 1. The molecule has 3 heterocycles. The second-order valence-corrected chi connectivity index (χ2v) is 7.18. The molecule has 4 aromatic rings. The predicted molar refractivity (Wildman–Crippen MR) is 122 cm³/mol. The summed E-state index contributed by atoms with van der Waals surface area (Å²) < 4.78 is 13.2. The summed E-state index contributed by atoms with van der Waals surface area (Å²) in [5.74, 6) is 2.06. The Labute approximate surface area is 186 Å². The molecule has 0 fully saturated rings. The number of anilines is 1. The van der Waals surface area contributed by atoms with Gasteiger partial charge in [0.05, 0.1) is 32.7 Å². The number of benzene rings is 2. The van der Waals surface area contributed by atoms with Crippen LogP contribution in [0.25, 0.3) is 22.0 Å². The van der Waals surface area contributed by atoms with Gasteiger partial charge in [-0.15, -0.1) is 17.5 Å². The maximum atomic E-state index is 5.68. The molecule has 0 atom stereocenters. The third-order valence-electron chi connectivity index (χ3n) is 5.45. The SMILES string of the molecule is COc1cc2c(cc1OC)-c1c3cnnc(NOCc4ccccc4)c3cn1CC2.Cl. The van der Waals surface area contributed by atoms with Crippen LogP contribution in [-0.4, -0.2) is 29.0 Å². The maximum Gasteiger partial charge on any atom is 0.181 e. The van der Waals surface area contributed by atoms with E-state index >= 15 is 0 Å². The van der Waals surface area contributed by atoms with Crippen molar-refractivity contribution in [2.45, 2.75) is 19.6 Å². The topological polar surface area (TPSA) is 70.4 Å². The van der Waals surface area contributed by atoms with Crippen molar-refractivity contribution in [1.29, 1.82) is 0 Å². The fraction of sp³-hybridized carbons (Fsp3) is 0.217. The van der Waals surface area contributed by atoms with E-state index in [9.17, 15) is 0 Å². The van der Waals surface area contributed by atoms with Crippen molar-refractivity contribution in [3.8, 4) is 22.8 Å². The number of halogens is 1. The molecule has 0 bridgehead atoms. The smallest absolute Gasteiger partial charge is 0.181 e. The van der Waals surface area contributed by atoms with Crippen LogP contribution in [-0.2, 0) is 24.4 Å². The Morgan fingerprint density at radius 1 is 1.03 bits per heavy atom. The Morgan fingerprint density at radius 2 is 1.81 bits per heavy atom. The summed E-state index contributed by atoms with van der Waals surface area (Å²) in [6.07, 6.45) is 4.82. The number of nitrogens with one attached hydrogen (secondary N) is 1. The molecule has 2 aromatic carbocycles. The third-order valence-corrected chi connectivity index (χ3v) is 5.45. The molecule has 0 radical (unpaired) electrons. The molecule has 1 N–H and O–H groups in total. The van der Waals surface area contributed by atoms with E-state index < -0.39 is 0 Å². The number of nitrogens with zero attached hydrogens (tertiary/aromatic N) is 3. The molecular formula is C23H23ClN4O3. The summed E-state index contributed by atoms with van der Waals surface area (Å²) in [6.45, 7) is 1.31. The maximum absolute atomic E-state index is 5.68. The zero-order valence-corrected chi connectivity index (χ0v) is 18.1. The Morgan fingerprint density at radius 3 is 2.58 bits per heavy atom. The van der Waals surface area contributed by atoms with E-state index in [0.29, 0.717) is 18.2 Å². The van der Waals surface area contributed by atoms with E-state index in [4.69, 9.17) is 14.3 Å². The van der Waals surface area contributed by atoms with Crippen LogP contribution in [0, 0.1) is 0 Å². The average molecular weight is 439 g/mol. The van der Waals surface area contributed by atoms with Gasteiger partial charge in [0.2, 0.25) is 0 Å². The summed E-state index contributed by atoms with van der Waals surface area (Å²) in [4.78, 5) is 5.68. The summed E-state index contributed by atoms with van der Waals surface area (Å²) in [6, 6.07) is 14.1. The van der Waals surface area contributed by atoms with E-state index in [1.54, 1.807) is 20.4 Å². The molecule has 160 valence electrons. The highest BCUT2D eigenvalue weighted by molar-refractivity contribution is 6.02. The van der Waals surface area contributed by atoms with Crippen molar-refractivity contribution < 1.29 is 14.3 Å². The van der Waals surface area contributed by atoms with Crippen LogP contribution in [0.4, 0.5) is 5.82 Å². The van der Waals surface area contributed by atoms with Gasteiger partial charge in [0.15, 0.2) is 17.3 Å². The van der Waals surface area contributed by atoms with Crippen LogP contribution in [0.1, 0.15) is 11.1 Å². The van der Waals surface area contributed by atoms with Crippen molar-refractivity contribution in [2.75, 3.05) is 19.7 Å². The van der Waals surface area contributed by atoms with Gasteiger partial charge in [0, 0.05) is 29.1 Å². The number of ether oxygens (including phenoxy) is 2. The highest BCUT2D eigenvalue weighted by Crippen LogP contribution is 2.42. The highest BCUT2D eigenvalue weighted by atomic mass is 35.5. The van der Waals surface area contributed by atoms with Gasteiger partial charge in [-0.05, 0) is 29.7 Å². The molecule has 0 saturated carbocycles. The Bertz CT molecular complexity index is 1210. The molecule has 8 heteroatoms. The van der Waals surface area contributed by atoms with Crippen molar-refractivity contribution in [3.63, 3.8) is 0 Å². The first kappa shape index (κ1) is 21.0. The predicted octanol–water partition coefficient (Wildman–Crippen LogP) is 4.64. The second kappa shape index (κ2) is 8.83. The van der Waals surface area contributed by atoms with Crippen molar-refractivity contribution in [3.05, 3.63) is 66.0 Å². The summed E-state index contributed by atoms with van der Waals surface area (Å²) in [5, 5.41) is 10.4. The molecule has 2 aromatic heterocycles. The van der Waals surface area contributed by atoms with Gasteiger partial charge < -0.3 is 14.0 Å². The van der Waals surface area contributed by atoms with Crippen LogP contribution >= 0.6 is 12.4 Å². The van der Waals surface area contributed by atoms with E-state index in [-0.39, 0.29) is 12.4 Å². The molecule has 0 spiro atoms. The first-order chi connectivity index (χ1) is 14.8. The van der Waals surface area contributed by atoms with Crippen LogP contribution in [0.15, 0.2) is 54.9 Å². The normalized spacial score (nSPS) is 11.9. The number of aryl methyl sites for hydroxylation is 2. The minimum absolute atomic E-state index is 0. The molecule has 5 rings (SSSR count). The van der Waals surface area contributed by atoms with Crippen molar-refractivity contribution in [1.82, 2.24) is 14.8 Å². The Balaban J connectivity index is 0.00000231. The largest absolute Gasteiger partial charge is 0.493 e. The second-order valence-electron chi connectivity index (χ2n) is 7.18. The van der Waals surface area contributed by atoms with E-state index in [1.807, 2.05) is 36.4 Å². The lowest BCUT2D eigenvalue weighted by Gasteiger charge is -2.21. The fourth-order valence-corrected chi connectivity index (χ4v) is 3.99. The number of aromatic nitrogens is 3. The quantitative estimate of drug-likeness (QED) is 0.442. The molecule has 1 aliphatic heterocycles. The lowest BCUT2D eigenvalue weighted by molar-refractivity contribution is 0.179. The average Bonchev–Trinajstić information content (AvgIpc) is 3.19. The van der Waals surface area contributed by atoms with Gasteiger partial charge in [-0.2, -0.15) is 5.10 Å². The standard InChI is InChI=1S/C23H22N4O3.ClH/c1-28-20-10-16-8-9-27-13-19-18(22(27)17(16)11-21(20)29-2)12-24-25-23(19)26-30-14-15-6-4-3-5-7-15;/h3-7,10-13H,8-9,14H2,1-2H3,(H,25,26);1H. The number of fused-ring (bicyclic) bond motifs is 5. The van der Waals surface area contributed by atoms with Gasteiger partial charge in [0.1, 0.15) is 0 Å². The number of hydrogen-bond acceptors (Lipinski definition) is 6. The first-order valence-electron chi connectivity index (χ1n) is 9.80. The minimum Gasteiger partial charge on any atom is -0.493 e. The third kappa shape index (κ3) is 3.78. The van der Waals surface area contributed by atoms with Crippen LogP contribution in [0.3, 0.4) is 0 Å². The molecule has 0 amide bonds. The first-order valence-corrected chi connectivity index (χ1v) is 9.80. The minimum atomic E-state index is 0. The van der Waals surface area contributed by atoms with Crippen LogP contribution in [0.2, 0.25) is 0 Å². The summed E-state index contributed by atoms with van der Waals surface area (Å²) in [7, 11) is 3.32. The summed E-state index contributed by atoms with van der Waals surface area (Å²) >= 11 is 0. The van der Waals surface area contributed by atoms with Gasteiger partial charge in [0.25, 0.3) is 0 Å². The van der Waals surface area contributed by atoms with Gasteiger partial charge >= 0.3 is 0 Å². The molecule has 0 saturated heterocycles. The molecule has 31 heavy (non-hydrogen) atoms. The van der Waals surface area contributed by atoms with Crippen LogP contribution < -0.4 is 15.0 Å². The molecule has 0 unspecified atom stereocenters. The number of methoxy groups -OCH3 is 2. The molecule has 1 aliphatic rings. The molecular weight excluding hydrogens is 416 g/mol. The van der Waals surface area contributed by atoms with E-state index in [2.05, 4.69) is 32.5 Å². The summed E-state index contributed by atoms with van der Waals surface area (Å²) in [5.41, 5.74) is 7.51.